The topological polar surface area (TPSA) is 40.6 Å². The normalized spacial score (nSPS) is 19.3. The molecule has 1 aliphatic heterocycles. The van der Waals surface area contributed by atoms with E-state index < -0.39 is 0 Å². The van der Waals surface area contributed by atoms with E-state index >= 15 is 0 Å². The van der Waals surface area contributed by atoms with Crippen molar-refractivity contribution in [3.05, 3.63) is 34.9 Å². The minimum absolute atomic E-state index is 0.183. The largest absolute Gasteiger partial charge is 0.340 e. The molecule has 0 aromatic heterocycles. The van der Waals surface area contributed by atoms with Crippen LogP contribution in [0.2, 0.25) is 0 Å². The highest BCUT2D eigenvalue weighted by Gasteiger charge is 2.34. The Morgan fingerprint density at radius 1 is 1.09 bits per heavy atom. The van der Waals surface area contributed by atoms with E-state index in [0.29, 0.717) is 18.4 Å². The van der Waals surface area contributed by atoms with Gasteiger partial charge in [0.25, 0.3) is 0 Å². The van der Waals surface area contributed by atoms with Crippen LogP contribution in [0.5, 0.6) is 0 Å². The van der Waals surface area contributed by atoms with Crippen LogP contribution in [0.1, 0.15) is 34.3 Å². The summed E-state index contributed by atoms with van der Waals surface area (Å²) in [5, 5.41) is 0. The molecule has 0 atom stereocenters. The molecule has 0 radical (unpaired) electrons. The first-order valence-electron chi connectivity index (χ1n) is 8.16. The number of aryl methyl sites for hydroxylation is 2. The molecule has 1 aromatic rings. The average Bonchev–Trinajstić information content (AvgIpc) is 3.34. The number of rotatable bonds is 4. The van der Waals surface area contributed by atoms with Gasteiger partial charge >= 0.3 is 0 Å². The molecular weight excluding hydrogens is 276 g/mol. The van der Waals surface area contributed by atoms with Gasteiger partial charge in [0.2, 0.25) is 5.91 Å². The van der Waals surface area contributed by atoms with Gasteiger partial charge in [0.05, 0.1) is 6.54 Å². The Labute approximate surface area is 132 Å². The van der Waals surface area contributed by atoms with Crippen LogP contribution in [0.25, 0.3) is 0 Å². The second kappa shape index (κ2) is 6.21. The van der Waals surface area contributed by atoms with Crippen molar-refractivity contribution in [1.82, 2.24) is 9.80 Å². The van der Waals surface area contributed by atoms with Gasteiger partial charge in [-0.2, -0.15) is 0 Å². The van der Waals surface area contributed by atoms with Crippen LogP contribution in [0, 0.1) is 19.8 Å². The zero-order valence-corrected chi connectivity index (χ0v) is 13.5. The van der Waals surface area contributed by atoms with Gasteiger partial charge in [-0.15, -0.1) is 0 Å². The highest BCUT2D eigenvalue weighted by Crippen LogP contribution is 2.31. The van der Waals surface area contributed by atoms with Crippen LogP contribution in [0.4, 0.5) is 0 Å². The number of piperazine rings is 1. The smallest absolute Gasteiger partial charge is 0.225 e. The molecule has 1 amide bonds. The van der Waals surface area contributed by atoms with E-state index in [0.717, 1.165) is 55.7 Å². The van der Waals surface area contributed by atoms with Crippen molar-refractivity contribution < 1.29 is 9.59 Å². The summed E-state index contributed by atoms with van der Waals surface area (Å²) in [6.45, 7) is 7.57. The molecule has 2 aliphatic rings. The number of amides is 1. The summed E-state index contributed by atoms with van der Waals surface area (Å²) in [6, 6.07) is 6.02. The number of hydrogen-bond donors (Lipinski definition) is 0. The fourth-order valence-electron chi connectivity index (χ4n) is 3.04. The van der Waals surface area contributed by atoms with Gasteiger partial charge in [0.15, 0.2) is 5.78 Å². The third-order valence-corrected chi connectivity index (χ3v) is 4.67. The lowest BCUT2D eigenvalue weighted by Gasteiger charge is -2.34. The Hall–Kier alpha value is -1.68. The molecular formula is C18H24N2O2. The van der Waals surface area contributed by atoms with Crippen molar-refractivity contribution in [3.63, 3.8) is 0 Å². The van der Waals surface area contributed by atoms with E-state index in [1.54, 1.807) is 0 Å². The molecule has 2 fully saturated rings. The Balaban J connectivity index is 1.54. The van der Waals surface area contributed by atoms with E-state index in [4.69, 9.17) is 0 Å². The first-order chi connectivity index (χ1) is 10.5. The van der Waals surface area contributed by atoms with Crippen molar-refractivity contribution in [3.8, 4) is 0 Å². The highest BCUT2D eigenvalue weighted by molar-refractivity contribution is 5.99. The molecule has 1 aromatic carbocycles. The van der Waals surface area contributed by atoms with Gasteiger partial charge in [0, 0.05) is 37.7 Å². The summed E-state index contributed by atoms with van der Waals surface area (Å²) in [4.78, 5) is 28.7. The van der Waals surface area contributed by atoms with Crippen LogP contribution < -0.4 is 0 Å². The fraction of sp³-hybridized carbons (Fsp3) is 0.556. The van der Waals surface area contributed by atoms with Gasteiger partial charge in [-0.05, 0) is 38.3 Å². The summed E-state index contributed by atoms with van der Waals surface area (Å²) in [7, 11) is 0. The average molecular weight is 300 g/mol. The maximum atomic E-state index is 12.5. The van der Waals surface area contributed by atoms with Crippen LogP contribution in [0.3, 0.4) is 0 Å². The molecule has 0 unspecified atom stereocenters. The molecule has 1 aliphatic carbocycles. The fourth-order valence-corrected chi connectivity index (χ4v) is 3.04. The molecule has 1 saturated heterocycles. The van der Waals surface area contributed by atoms with Crippen LogP contribution in [-0.2, 0) is 4.79 Å². The summed E-state index contributed by atoms with van der Waals surface area (Å²) in [5.74, 6) is 0.798. The number of carbonyl (C=O) groups is 2. The zero-order chi connectivity index (χ0) is 15.7. The van der Waals surface area contributed by atoms with Gasteiger partial charge in [-0.1, -0.05) is 17.7 Å². The predicted molar refractivity (Wildman–Crippen MR) is 86.0 cm³/mol. The lowest BCUT2D eigenvalue weighted by atomic mass is 10.0. The van der Waals surface area contributed by atoms with Crippen molar-refractivity contribution in [2.45, 2.75) is 26.7 Å². The molecule has 4 nitrogen and oxygen atoms in total. The zero-order valence-electron chi connectivity index (χ0n) is 13.5. The first-order valence-corrected chi connectivity index (χ1v) is 8.16. The second-order valence-electron chi connectivity index (χ2n) is 6.62. The van der Waals surface area contributed by atoms with Crippen molar-refractivity contribution >= 4 is 11.7 Å². The van der Waals surface area contributed by atoms with E-state index in [1.165, 1.54) is 0 Å². The predicted octanol–water partition coefficient (Wildman–Crippen LogP) is 2.04. The summed E-state index contributed by atoms with van der Waals surface area (Å²) in [6.07, 6.45) is 2.12. The molecule has 118 valence electrons. The number of hydrogen-bond acceptors (Lipinski definition) is 3. The Kier molecular flexibility index (Phi) is 4.30. The minimum atomic E-state index is 0.183. The van der Waals surface area contributed by atoms with Gasteiger partial charge in [-0.25, -0.2) is 0 Å². The SMILES string of the molecule is Cc1ccc(C)c(C(=O)CN2CCN(C(=O)C3CC3)CC2)c1. The molecule has 4 heteroatoms. The van der Waals surface area contributed by atoms with Gasteiger partial charge in [-0.3, -0.25) is 14.5 Å². The molecule has 1 heterocycles. The molecule has 0 spiro atoms. The van der Waals surface area contributed by atoms with E-state index in [1.807, 2.05) is 36.9 Å². The standard InChI is InChI=1S/C18H24N2O2/c1-13-3-4-14(2)16(11-13)17(21)12-19-7-9-20(10-8-19)18(22)15-5-6-15/h3-4,11,15H,5-10,12H2,1-2H3. The third-order valence-electron chi connectivity index (χ3n) is 4.67. The summed E-state index contributed by atoms with van der Waals surface area (Å²) in [5.41, 5.74) is 2.99. The number of Topliss-reactive ketones (excluding diaryl/α,β-unsaturated/α-hetero) is 1. The third kappa shape index (κ3) is 3.38. The molecule has 1 saturated carbocycles. The van der Waals surface area contributed by atoms with E-state index in [-0.39, 0.29) is 5.78 Å². The van der Waals surface area contributed by atoms with Crippen LogP contribution >= 0.6 is 0 Å². The lowest BCUT2D eigenvalue weighted by molar-refractivity contribution is -0.134. The lowest BCUT2D eigenvalue weighted by Crippen LogP contribution is -2.50. The second-order valence-corrected chi connectivity index (χ2v) is 6.62. The number of ketones is 1. The van der Waals surface area contributed by atoms with E-state index in [2.05, 4.69) is 4.90 Å². The van der Waals surface area contributed by atoms with Crippen molar-refractivity contribution in [2.24, 2.45) is 5.92 Å². The molecule has 22 heavy (non-hydrogen) atoms. The monoisotopic (exact) mass is 300 g/mol. The summed E-state index contributed by atoms with van der Waals surface area (Å²) < 4.78 is 0. The molecule has 0 bridgehead atoms. The Morgan fingerprint density at radius 2 is 1.77 bits per heavy atom. The van der Waals surface area contributed by atoms with Gasteiger partial charge < -0.3 is 4.90 Å². The van der Waals surface area contributed by atoms with Crippen LogP contribution in [-0.4, -0.2) is 54.2 Å². The molecule has 3 rings (SSSR count). The Bertz CT molecular complexity index is 585. The van der Waals surface area contributed by atoms with Crippen LogP contribution in [0.15, 0.2) is 18.2 Å². The highest BCUT2D eigenvalue weighted by atomic mass is 16.2. The van der Waals surface area contributed by atoms with Crippen molar-refractivity contribution in [1.29, 1.82) is 0 Å². The molecule has 0 N–H and O–H groups in total. The first kappa shape index (κ1) is 15.2. The van der Waals surface area contributed by atoms with Gasteiger partial charge in [0.1, 0.15) is 0 Å². The number of benzene rings is 1. The summed E-state index contributed by atoms with van der Waals surface area (Å²) >= 11 is 0. The maximum absolute atomic E-state index is 12.5. The quantitative estimate of drug-likeness (QED) is 0.799. The van der Waals surface area contributed by atoms with E-state index in [9.17, 15) is 9.59 Å². The minimum Gasteiger partial charge on any atom is -0.340 e. The van der Waals surface area contributed by atoms with Crippen molar-refractivity contribution in [2.75, 3.05) is 32.7 Å². The maximum Gasteiger partial charge on any atom is 0.225 e. The Morgan fingerprint density at radius 3 is 2.41 bits per heavy atom. The number of carbonyl (C=O) groups excluding carboxylic acids is 2. The number of nitrogens with zero attached hydrogens (tertiary/aromatic N) is 2.